The minimum absolute atomic E-state index is 0.0114. The molecule has 5 nitrogen and oxygen atoms in total. The number of sulfonamides is 1. The van der Waals surface area contributed by atoms with Gasteiger partial charge in [0, 0.05) is 17.2 Å². The molecule has 90 valence electrons. The lowest BCUT2D eigenvalue weighted by molar-refractivity contribution is 0.393. The lowest BCUT2D eigenvalue weighted by Gasteiger charge is -2.22. The number of primary sulfonamides is 1. The quantitative estimate of drug-likeness (QED) is 0.811. The van der Waals surface area contributed by atoms with Crippen LogP contribution in [0.1, 0.15) is 19.4 Å². The van der Waals surface area contributed by atoms with Gasteiger partial charge in [0.05, 0.1) is 12.0 Å². The van der Waals surface area contributed by atoms with Crippen LogP contribution in [0.4, 0.5) is 0 Å². The summed E-state index contributed by atoms with van der Waals surface area (Å²) in [6.45, 7) is 3.61. The predicted octanol–water partition coefficient (Wildman–Crippen LogP) is 0.536. The van der Waals surface area contributed by atoms with Crippen molar-refractivity contribution >= 4 is 10.0 Å². The van der Waals surface area contributed by atoms with Crippen molar-refractivity contribution in [2.75, 3.05) is 7.11 Å². The Morgan fingerprint density at radius 2 is 1.88 bits per heavy atom. The Balaban J connectivity index is 3.40. The Morgan fingerprint density at radius 1 is 1.31 bits per heavy atom. The van der Waals surface area contributed by atoms with Crippen molar-refractivity contribution in [2.45, 2.75) is 24.3 Å². The molecule has 0 saturated heterocycles. The van der Waals surface area contributed by atoms with Crippen LogP contribution in [0.3, 0.4) is 0 Å². The molecule has 0 radical (unpaired) electrons. The smallest absolute Gasteiger partial charge is 0.238 e. The van der Waals surface area contributed by atoms with E-state index in [0.717, 1.165) is 5.56 Å². The highest BCUT2D eigenvalue weighted by molar-refractivity contribution is 7.89. The molecule has 1 rings (SSSR count). The van der Waals surface area contributed by atoms with E-state index in [-0.39, 0.29) is 4.90 Å². The predicted molar refractivity (Wildman–Crippen MR) is 61.6 cm³/mol. The summed E-state index contributed by atoms with van der Waals surface area (Å²) in [6.07, 6.45) is 0. The Hall–Kier alpha value is -1.11. The zero-order valence-electron chi connectivity index (χ0n) is 9.52. The van der Waals surface area contributed by atoms with E-state index < -0.39 is 15.6 Å². The van der Waals surface area contributed by atoms with Gasteiger partial charge in [-0.1, -0.05) is 6.07 Å². The molecule has 1 aromatic rings. The van der Waals surface area contributed by atoms with Gasteiger partial charge < -0.3 is 10.5 Å². The van der Waals surface area contributed by atoms with Gasteiger partial charge in [-0.15, -0.1) is 0 Å². The SMILES string of the molecule is COc1cc(S(N)(=O)=O)ccc1C(C)(C)N. The van der Waals surface area contributed by atoms with Crippen LogP contribution in [0.25, 0.3) is 0 Å². The van der Waals surface area contributed by atoms with Crippen LogP contribution in [0.15, 0.2) is 23.1 Å². The molecule has 0 bridgehead atoms. The zero-order valence-corrected chi connectivity index (χ0v) is 10.3. The van der Waals surface area contributed by atoms with Crippen LogP contribution in [-0.2, 0) is 15.6 Å². The summed E-state index contributed by atoms with van der Waals surface area (Å²) in [5.74, 6) is 0.416. The van der Waals surface area contributed by atoms with Gasteiger partial charge in [0.15, 0.2) is 0 Å². The van der Waals surface area contributed by atoms with Crippen LogP contribution >= 0.6 is 0 Å². The molecule has 0 spiro atoms. The van der Waals surface area contributed by atoms with Crippen molar-refractivity contribution < 1.29 is 13.2 Å². The summed E-state index contributed by atoms with van der Waals surface area (Å²) in [4.78, 5) is 0.0114. The molecule has 0 aromatic heterocycles. The summed E-state index contributed by atoms with van der Waals surface area (Å²) < 4.78 is 27.4. The minimum Gasteiger partial charge on any atom is -0.496 e. The van der Waals surface area contributed by atoms with E-state index >= 15 is 0 Å². The molecule has 0 unspecified atom stereocenters. The third-order valence-corrected chi connectivity index (χ3v) is 3.11. The average Bonchev–Trinajstić information content (AvgIpc) is 2.14. The number of rotatable bonds is 3. The molecule has 0 amide bonds. The van der Waals surface area contributed by atoms with E-state index in [2.05, 4.69) is 0 Å². The number of ether oxygens (including phenoxy) is 1. The molecule has 0 aliphatic rings. The second kappa shape index (κ2) is 4.04. The molecule has 0 heterocycles. The van der Waals surface area contributed by atoms with Crippen molar-refractivity contribution in [3.63, 3.8) is 0 Å². The largest absolute Gasteiger partial charge is 0.496 e. The highest BCUT2D eigenvalue weighted by Gasteiger charge is 2.21. The van der Waals surface area contributed by atoms with Gasteiger partial charge in [-0.25, -0.2) is 13.6 Å². The molecule has 0 aliphatic carbocycles. The van der Waals surface area contributed by atoms with Crippen molar-refractivity contribution in [2.24, 2.45) is 10.9 Å². The fraction of sp³-hybridized carbons (Fsp3) is 0.400. The second-order valence-electron chi connectivity index (χ2n) is 4.13. The van der Waals surface area contributed by atoms with Gasteiger partial charge in [-0.3, -0.25) is 0 Å². The van der Waals surface area contributed by atoms with Crippen molar-refractivity contribution in [3.05, 3.63) is 23.8 Å². The van der Waals surface area contributed by atoms with Crippen molar-refractivity contribution in [1.29, 1.82) is 0 Å². The first-order valence-electron chi connectivity index (χ1n) is 4.66. The standard InChI is InChI=1S/C10H16N2O3S/c1-10(2,11)8-5-4-7(16(12,13)14)6-9(8)15-3/h4-6H,11H2,1-3H3,(H2,12,13,14). The third kappa shape index (κ3) is 2.72. The van der Waals surface area contributed by atoms with Crippen molar-refractivity contribution in [1.82, 2.24) is 0 Å². The number of nitrogens with two attached hydrogens (primary N) is 2. The van der Waals surface area contributed by atoms with Gasteiger partial charge in [0.2, 0.25) is 10.0 Å². The molecule has 0 aliphatic heterocycles. The first-order chi connectivity index (χ1) is 7.16. The molecule has 0 fully saturated rings. The van der Waals surface area contributed by atoms with E-state index in [0.29, 0.717) is 5.75 Å². The topological polar surface area (TPSA) is 95.4 Å². The number of methoxy groups -OCH3 is 1. The van der Waals surface area contributed by atoms with E-state index in [1.165, 1.54) is 19.2 Å². The summed E-state index contributed by atoms with van der Waals surface area (Å²) in [7, 11) is -2.26. The number of hydrogen-bond donors (Lipinski definition) is 2. The summed E-state index contributed by atoms with van der Waals surface area (Å²) in [5.41, 5.74) is 6.05. The molecule has 16 heavy (non-hydrogen) atoms. The molecule has 1 aromatic carbocycles. The van der Waals surface area contributed by atoms with E-state index in [9.17, 15) is 8.42 Å². The van der Waals surface area contributed by atoms with Crippen LogP contribution in [0, 0.1) is 0 Å². The van der Waals surface area contributed by atoms with E-state index in [1.807, 2.05) is 13.8 Å². The third-order valence-electron chi connectivity index (χ3n) is 2.20. The van der Waals surface area contributed by atoms with E-state index in [4.69, 9.17) is 15.6 Å². The maximum atomic E-state index is 11.2. The summed E-state index contributed by atoms with van der Waals surface area (Å²) in [5, 5.41) is 5.02. The Labute approximate surface area is 95.4 Å². The Kier molecular flexibility index (Phi) is 3.27. The zero-order chi connectivity index (χ0) is 12.6. The van der Waals surface area contributed by atoms with Gasteiger partial charge in [0.25, 0.3) is 0 Å². The Morgan fingerprint density at radius 3 is 2.25 bits per heavy atom. The van der Waals surface area contributed by atoms with Crippen LogP contribution in [-0.4, -0.2) is 15.5 Å². The molecule has 0 saturated carbocycles. The molecular formula is C10H16N2O3S. The fourth-order valence-corrected chi connectivity index (χ4v) is 1.91. The lowest BCUT2D eigenvalue weighted by Crippen LogP contribution is -2.29. The van der Waals surface area contributed by atoms with E-state index in [1.54, 1.807) is 6.07 Å². The summed E-state index contributed by atoms with van der Waals surface area (Å²) in [6, 6.07) is 4.40. The number of benzene rings is 1. The number of hydrogen-bond acceptors (Lipinski definition) is 4. The second-order valence-corrected chi connectivity index (χ2v) is 5.69. The minimum atomic E-state index is -3.72. The summed E-state index contributed by atoms with van der Waals surface area (Å²) >= 11 is 0. The molecular weight excluding hydrogens is 228 g/mol. The van der Waals surface area contributed by atoms with Gasteiger partial charge >= 0.3 is 0 Å². The van der Waals surface area contributed by atoms with Gasteiger partial charge in [0.1, 0.15) is 5.75 Å². The first kappa shape index (κ1) is 13.0. The highest BCUT2D eigenvalue weighted by atomic mass is 32.2. The molecule has 4 N–H and O–H groups in total. The van der Waals surface area contributed by atoms with Crippen LogP contribution < -0.4 is 15.6 Å². The fourth-order valence-electron chi connectivity index (χ4n) is 1.38. The first-order valence-corrected chi connectivity index (χ1v) is 6.21. The average molecular weight is 244 g/mol. The van der Waals surface area contributed by atoms with Crippen LogP contribution in [0.5, 0.6) is 5.75 Å². The van der Waals surface area contributed by atoms with Crippen molar-refractivity contribution in [3.8, 4) is 5.75 Å². The normalized spacial score (nSPS) is 12.6. The maximum Gasteiger partial charge on any atom is 0.238 e. The highest BCUT2D eigenvalue weighted by Crippen LogP contribution is 2.29. The van der Waals surface area contributed by atoms with Crippen LogP contribution in [0.2, 0.25) is 0 Å². The molecule has 6 heteroatoms. The maximum absolute atomic E-state index is 11.2. The van der Waals surface area contributed by atoms with Gasteiger partial charge in [-0.05, 0) is 19.9 Å². The Bertz CT molecular complexity index is 489. The lowest BCUT2D eigenvalue weighted by atomic mass is 9.95. The molecule has 0 atom stereocenters. The van der Waals surface area contributed by atoms with Gasteiger partial charge in [-0.2, -0.15) is 0 Å². The monoisotopic (exact) mass is 244 g/mol.